The Morgan fingerprint density at radius 2 is 1.82 bits per heavy atom. The second-order valence-corrected chi connectivity index (χ2v) is 3.54. The summed E-state index contributed by atoms with van der Waals surface area (Å²) in [6.07, 6.45) is 8.27. The van der Waals surface area contributed by atoms with Crippen LogP contribution in [-0.4, -0.2) is 5.54 Å². The van der Waals surface area contributed by atoms with Crippen molar-refractivity contribution in [2.24, 2.45) is 11.7 Å². The Morgan fingerprint density at radius 1 is 1.36 bits per heavy atom. The van der Waals surface area contributed by atoms with E-state index < -0.39 is 0 Å². The van der Waals surface area contributed by atoms with Gasteiger partial charge in [-0.25, -0.2) is 0 Å². The van der Waals surface area contributed by atoms with Gasteiger partial charge in [-0.15, -0.1) is 0 Å². The maximum Gasteiger partial charge on any atom is 0.0317 e. The van der Waals surface area contributed by atoms with Gasteiger partial charge in [-0.3, -0.25) is 0 Å². The van der Waals surface area contributed by atoms with E-state index in [1.165, 1.54) is 0 Å². The first-order valence-corrected chi connectivity index (χ1v) is 3.85. The van der Waals surface area contributed by atoms with Crippen molar-refractivity contribution in [3.63, 3.8) is 0 Å². The first-order valence-electron chi connectivity index (χ1n) is 3.85. The summed E-state index contributed by atoms with van der Waals surface area (Å²) in [7, 11) is 0. The van der Waals surface area contributed by atoms with Crippen molar-refractivity contribution >= 4 is 0 Å². The summed E-state index contributed by atoms with van der Waals surface area (Å²) in [5, 5.41) is 0. The van der Waals surface area contributed by atoms with Gasteiger partial charge in [0.1, 0.15) is 0 Å². The fraction of sp³-hybridized carbons (Fsp3) is 0.400. The van der Waals surface area contributed by atoms with Gasteiger partial charge in [0, 0.05) is 11.5 Å². The molecule has 0 atom stereocenters. The summed E-state index contributed by atoms with van der Waals surface area (Å²) in [4.78, 5) is 0. The highest BCUT2D eigenvalue weighted by atomic mass is 14.7. The summed E-state index contributed by atoms with van der Waals surface area (Å²) < 4.78 is 0. The van der Waals surface area contributed by atoms with Crippen molar-refractivity contribution in [1.29, 1.82) is 0 Å². The van der Waals surface area contributed by atoms with E-state index >= 15 is 0 Å². The third-order valence-electron chi connectivity index (χ3n) is 1.98. The highest BCUT2D eigenvalue weighted by molar-refractivity contribution is 5.31. The van der Waals surface area contributed by atoms with Gasteiger partial charge in [0.2, 0.25) is 0 Å². The van der Waals surface area contributed by atoms with Gasteiger partial charge in [0.25, 0.3) is 0 Å². The van der Waals surface area contributed by atoms with Gasteiger partial charge >= 0.3 is 0 Å². The molecule has 0 unspecified atom stereocenters. The van der Waals surface area contributed by atoms with Crippen LogP contribution < -0.4 is 5.73 Å². The van der Waals surface area contributed by atoms with Crippen LogP contribution in [0.5, 0.6) is 0 Å². The summed E-state index contributed by atoms with van der Waals surface area (Å²) in [6.45, 7) is 7.94. The normalized spacial score (nSPS) is 17.7. The van der Waals surface area contributed by atoms with E-state index in [1.807, 2.05) is 26.0 Å². The fourth-order valence-electron chi connectivity index (χ4n) is 1.09. The molecule has 0 aromatic carbocycles. The molecule has 0 spiro atoms. The van der Waals surface area contributed by atoms with Crippen molar-refractivity contribution in [2.45, 2.75) is 19.4 Å². The molecule has 0 aromatic heterocycles. The van der Waals surface area contributed by atoms with Gasteiger partial charge in [-0.05, 0) is 19.4 Å². The predicted molar refractivity (Wildman–Crippen MR) is 49.2 cm³/mol. The lowest BCUT2D eigenvalue weighted by molar-refractivity contribution is 0.576. The zero-order valence-corrected chi connectivity index (χ0v) is 7.17. The molecule has 0 saturated heterocycles. The number of hydrogen-bond acceptors (Lipinski definition) is 1. The Balaban J connectivity index is 2.70. The lowest BCUT2D eigenvalue weighted by Crippen LogP contribution is -2.36. The van der Waals surface area contributed by atoms with Gasteiger partial charge in [0.15, 0.2) is 0 Å². The molecule has 0 fully saturated rings. The lowest BCUT2D eigenvalue weighted by atomic mass is 9.87. The first-order chi connectivity index (χ1) is 5.02. The molecular formula is C10H15N. The monoisotopic (exact) mass is 149 g/mol. The first kappa shape index (κ1) is 8.28. The SMILES string of the molecule is C=C(C1C=CC=C1)C(C)(C)N. The van der Waals surface area contributed by atoms with E-state index in [4.69, 9.17) is 5.73 Å². The zero-order valence-electron chi connectivity index (χ0n) is 7.17. The molecule has 0 radical (unpaired) electrons. The van der Waals surface area contributed by atoms with Crippen LogP contribution in [0.4, 0.5) is 0 Å². The van der Waals surface area contributed by atoms with E-state index in [1.54, 1.807) is 0 Å². The van der Waals surface area contributed by atoms with E-state index in [2.05, 4.69) is 18.7 Å². The van der Waals surface area contributed by atoms with Crippen molar-refractivity contribution in [3.8, 4) is 0 Å². The number of nitrogens with two attached hydrogens (primary N) is 1. The summed E-state index contributed by atoms with van der Waals surface area (Å²) >= 11 is 0. The summed E-state index contributed by atoms with van der Waals surface area (Å²) in [6, 6.07) is 0. The van der Waals surface area contributed by atoms with Crippen LogP contribution in [-0.2, 0) is 0 Å². The van der Waals surface area contributed by atoms with E-state index in [0.29, 0.717) is 5.92 Å². The molecule has 1 aliphatic carbocycles. The van der Waals surface area contributed by atoms with Crippen molar-refractivity contribution < 1.29 is 0 Å². The Hall–Kier alpha value is -0.820. The smallest absolute Gasteiger partial charge is 0.0317 e. The third-order valence-corrected chi connectivity index (χ3v) is 1.98. The molecule has 0 amide bonds. The minimum absolute atomic E-state index is 0.274. The van der Waals surface area contributed by atoms with Crippen molar-refractivity contribution in [1.82, 2.24) is 0 Å². The van der Waals surface area contributed by atoms with Gasteiger partial charge < -0.3 is 5.73 Å². The molecule has 0 aliphatic heterocycles. The number of allylic oxidation sites excluding steroid dienone is 4. The Morgan fingerprint density at radius 3 is 2.18 bits per heavy atom. The minimum Gasteiger partial charge on any atom is -0.322 e. The molecule has 60 valence electrons. The molecule has 0 heterocycles. The van der Waals surface area contributed by atoms with Crippen LogP contribution in [0.2, 0.25) is 0 Å². The van der Waals surface area contributed by atoms with Crippen molar-refractivity contribution in [2.75, 3.05) is 0 Å². The standard InChI is InChI=1S/C10H15N/c1-8(10(2,3)11)9-6-4-5-7-9/h4-7,9H,1,11H2,2-3H3. The summed E-state index contributed by atoms with van der Waals surface area (Å²) in [5.74, 6) is 0.343. The predicted octanol–water partition coefficient (Wildman–Crippen LogP) is 2.02. The number of rotatable bonds is 2. The maximum atomic E-state index is 5.89. The molecule has 1 aliphatic rings. The molecule has 11 heavy (non-hydrogen) atoms. The molecule has 1 rings (SSSR count). The van der Waals surface area contributed by atoms with E-state index in [-0.39, 0.29) is 5.54 Å². The van der Waals surface area contributed by atoms with Crippen LogP contribution in [0.15, 0.2) is 36.5 Å². The molecule has 0 saturated carbocycles. The molecule has 1 nitrogen and oxygen atoms in total. The highest BCUT2D eigenvalue weighted by Gasteiger charge is 2.21. The zero-order chi connectivity index (χ0) is 8.48. The highest BCUT2D eigenvalue weighted by Crippen LogP contribution is 2.24. The van der Waals surface area contributed by atoms with Gasteiger partial charge in [0.05, 0.1) is 0 Å². The molecule has 0 aromatic rings. The lowest BCUT2D eigenvalue weighted by Gasteiger charge is -2.24. The van der Waals surface area contributed by atoms with Gasteiger partial charge in [-0.1, -0.05) is 30.9 Å². The second-order valence-electron chi connectivity index (χ2n) is 3.54. The summed E-state index contributed by atoms with van der Waals surface area (Å²) in [5.41, 5.74) is 6.69. The Kier molecular flexibility index (Phi) is 2.01. The van der Waals surface area contributed by atoms with E-state index in [9.17, 15) is 0 Å². The number of hydrogen-bond donors (Lipinski definition) is 1. The fourth-order valence-corrected chi connectivity index (χ4v) is 1.09. The largest absolute Gasteiger partial charge is 0.322 e. The Bertz CT molecular complexity index is 204. The third kappa shape index (κ3) is 1.81. The maximum absolute atomic E-state index is 5.89. The van der Waals surface area contributed by atoms with Gasteiger partial charge in [-0.2, -0.15) is 0 Å². The molecule has 0 bridgehead atoms. The van der Waals surface area contributed by atoms with Crippen LogP contribution in [0, 0.1) is 5.92 Å². The molecule has 2 N–H and O–H groups in total. The molecule has 1 heteroatoms. The van der Waals surface area contributed by atoms with Crippen LogP contribution in [0.1, 0.15) is 13.8 Å². The second kappa shape index (κ2) is 2.67. The Labute approximate surface area is 68.3 Å². The van der Waals surface area contributed by atoms with Crippen LogP contribution in [0.3, 0.4) is 0 Å². The van der Waals surface area contributed by atoms with Crippen LogP contribution >= 0.6 is 0 Å². The topological polar surface area (TPSA) is 26.0 Å². The average molecular weight is 149 g/mol. The minimum atomic E-state index is -0.274. The van der Waals surface area contributed by atoms with Crippen molar-refractivity contribution in [3.05, 3.63) is 36.5 Å². The quantitative estimate of drug-likeness (QED) is 0.597. The van der Waals surface area contributed by atoms with E-state index in [0.717, 1.165) is 5.57 Å². The molecular weight excluding hydrogens is 134 g/mol. The van der Waals surface area contributed by atoms with Crippen LogP contribution in [0.25, 0.3) is 0 Å². The average Bonchev–Trinajstić information content (AvgIpc) is 2.34.